The lowest BCUT2D eigenvalue weighted by atomic mass is 9.81. The van der Waals surface area contributed by atoms with Crippen molar-refractivity contribution in [3.63, 3.8) is 0 Å². The molecule has 1 aliphatic heterocycles. The molecular formula is C13H28N2. The van der Waals surface area contributed by atoms with Crippen LogP contribution < -0.4 is 5.32 Å². The SMILES string of the molecule is CC1CN(CC(C)C(C)(C)C)C(C)CN1. The van der Waals surface area contributed by atoms with Gasteiger partial charge in [-0.3, -0.25) is 4.90 Å². The molecule has 3 atom stereocenters. The Labute approximate surface area is 95.4 Å². The lowest BCUT2D eigenvalue weighted by Gasteiger charge is -2.41. The van der Waals surface area contributed by atoms with Gasteiger partial charge in [0.05, 0.1) is 0 Å². The molecule has 2 heteroatoms. The topological polar surface area (TPSA) is 15.3 Å². The Kier molecular flexibility index (Phi) is 4.19. The lowest BCUT2D eigenvalue weighted by Crippen LogP contribution is -2.55. The molecule has 1 aliphatic rings. The van der Waals surface area contributed by atoms with E-state index in [0.717, 1.165) is 12.5 Å². The van der Waals surface area contributed by atoms with E-state index >= 15 is 0 Å². The van der Waals surface area contributed by atoms with Crippen molar-refractivity contribution < 1.29 is 0 Å². The average molecular weight is 212 g/mol. The highest BCUT2D eigenvalue weighted by Gasteiger charge is 2.27. The Balaban J connectivity index is 2.49. The van der Waals surface area contributed by atoms with Gasteiger partial charge >= 0.3 is 0 Å². The van der Waals surface area contributed by atoms with Gasteiger partial charge < -0.3 is 5.32 Å². The van der Waals surface area contributed by atoms with Gasteiger partial charge in [0.1, 0.15) is 0 Å². The Morgan fingerprint density at radius 1 is 1.33 bits per heavy atom. The highest BCUT2D eigenvalue weighted by atomic mass is 15.2. The van der Waals surface area contributed by atoms with Crippen LogP contribution in [0.25, 0.3) is 0 Å². The Bertz CT molecular complexity index is 195. The molecule has 0 aromatic carbocycles. The standard InChI is InChI=1S/C13H28N2/c1-10(13(4,5)6)8-15-9-11(2)14-7-12(15)3/h10-12,14H,7-9H2,1-6H3. The van der Waals surface area contributed by atoms with Crippen molar-refractivity contribution in [2.45, 2.75) is 53.6 Å². The van der Waals surface area contributed by atoms with E-state index in [1.54, 1.807) is 0 Å². The fourth-order valence-corrected chi connectivity index (χ4v) is 1.98. The number of nitrogens with one attached hydrogen (secondary N) is 1. The second-order valence-corrected chi connectivity index (χ2v) is 6.38. The van der Waals surface area contributed by atoms with Gasteiger partial charge in [-0.25, -0.2) is 0 Å². The smallest absolute Gasteiger partial charge is 0.0193 e. The molecule has 1 saturated heterocycles. The van der Waals surface area contributed by atoms with Crippen LogP contribution >= 0.6 is 0 Å². The summed E-state index contributed by atoms with van der Waals surface area (Å²) in [5.74, 6) is 0.755. The number of hydrogen-bond acceptors (Lipinski definition) is 2. The summed E-state index contributed by atoms with van der Waals surface area (Å²) in [6, 6.07) is 1.33. The molecule has 90 valence electrons. The van der Waals surface area contributed by atoms with Crippen LogP contribution in [0.1, 0.15) is 41.5 Å². The molecule has 0 aromatic heterocycles. The predicted octanol–water partition coefficient (Wildman–Crippen LogP) is 2.35. The largest absolute Gasteiger partial charge is 0.311 e. The van der Waals surface area contributed by atoms with Crippen LogP contribution in [-0.2, 0) is 0 Å². The molecule has 0 aromatic rings. The Hall–Kier alpha value is -0.0800. The summed E-state index contributed by atoms with van der Waals surface area (Å²) in [6.45, 7) is 17.6. The maximum absolute atomic E-state index is 3.53. The minimum atomic E-state index is 0.424. The first kappa shape index (κ1) is 13.0. The molecule has 0 spiro atoms. The first-order valence-electron chi connectivity index (χ1n) is 6.28. The van der Waals surface area contributed by atoms with Crippen LogP contribution in [0.3, 0.4) is 0 Å². The lowest BCUT2D eigenvalue weighted by molar-refractivity contribution is 0.0947. The molecule has 1 heterocycles. The Morgan fingerprint density at radius 3 is 2.47 bits per heavy atom. The molecule has 15 heavy (non-hydrogen) atoms. The predicted molar refractivity (Wildman–Crippen MR) is 67.1 cm³/mol. The van der Waals surface area contributed by atoms with Crippen LogP contribution in [0.15, 0.2) is 0 Å². The molecule has 3 unspecified atom stereocenters. The summed E-state index contributed by atoms with van der Waals surface area (Å²) in [5.41, 5.74) is 0.424. The molecule has 1 N–H and O–H groups in total. The number of hydrogen-bond donors (Lipinski definition) is 1. The first-order valence-corrected chi connectivity index (χ1v) is 6.28. The molecule has 0 bridgehead atoms. The third kappa shape index (κ3) is 3.76. The molecular weight excluding hydrogens is 184 g/mol. The zero-order chi connectivity index (χ0) is 11.6. The molecule has 0 amide bonds. The minimum absolute atomic E-state index is 0.424. The maximum atomic E-state index is 3.53. The van der Waals surface area contributed by atoms with Gasteiger partial charge in [0, 0.05) is 31.7 Å². The van der Waals surface area contributed by atoms with Crippen molar-refractivity contribution >= 4 is 0 Å². The van der Waals surface area contributed by atoms with Crippen LogP contribution in [-0.4, -0.2) is 36.6 Å². The fraction of sp³-hybridized carbons (Fsp3) is 1.00. The first-order chi connectivity index (χ1) is 6.80. The van der Waals surface area contributed by atoms with E-state index in [4.69, 9.17) is 0 Å². The zero-order valence-electron chi connectivity index (χ0n) is 11.3. The summed E-state index contributed by atoms with van der Waals surface area (Å²) in [7, 11) is 0. The van der Waals surface area contributed by atoms with Gasteiger partial charge in [0.2, 0.25) is 0 Å². The summed E-state index contributed by atoms with van der Waals surface area (Å²) >= 11 is 0. The van der Waals surface area contributed by atoms with Gasteiger partial charge in [-0.2, -0.15) is 0 Å². The summed E-state index contributed by atoms with van der Waals surface area (Å²) in [6.07, 6.45) is 0. The highest BCUT2D eigenvalue weighted by Crippen LogP contribution is 2.27. The van der Waals surface area contributed by atoms with E-state index in [-0.39, 0.29) is 0 Å². The highest BCUT2D eigenvalue weighted by molar-refractivity contribution is 4.84. The van der Waals surface area contributed by atoms with Crippen molar-refractivity contribution in [2.24, 2.45) is 11.3 Å². The fourth-order valence-electron chi connectivity index (χ4n) is 1.98. The second kappa shape index (κ2) is 4.84. The van der Waals surface area contributed by atoms with E-state index in [9.17, 15) is 0 Å². The quantitative estimate of drug-likeness (QED) is 0.756. The molecule has 0 aliphatic carbocycles. The molecule has 0 saturated carbocycles. The van der Waals surface area contributed by atoms with Crippen molar-refractivity contribution in [2.75, 3.05) is 19.6 Å². The molecule has 1 rings (SSSR count). The van der Waals surface area contributed by atoms with Gasteiger partial charge in [-0.1, -0.05) is 27.7 Å². The van der Waals surface area contributed by atoms with Gasteiger partial charge in [0.15, 0.2) is 0 Å². The van der Waals surface area contributed by atoms with Crippen molar-refractivity contribution in [3.05, 3.63) is 0 Å². The van der Waals surface area contributed by atoms with Gasteiger partial charge in [-0.05, 0) is 25.2 Å². The van der Waals surface area contributed by atoms with Crippen LogP contribution in [0.5, 0.6) is 0 Å². The van der Waals surface area contributed by atoms with Crippen molar-refractivity contribution in [1.29, 1.82) is 0 Å². The zero-order valence-corrected chi connectivity index (χ0v) is 11.3. The van der Waals surface area contributed by atoms with E-state index in [2.05, 4.69) is 51.8 Å². The maximum Gasteiger partial charge on any atom is 0.0193 e. The third-order valence-corrected chi connectivity index (χ3v) is 3.88. The van der Waals surface area contributed by atoms with E-state index in [0.29, 0.717) is 17.5 Å². The van der Waals surface area contributed by atoms with Gasteiger partial charge in [0.25, 0.3) is 0 Å². The molecule has 1 fully saturated rings. The van der Waals surface area contributed by atoms with Crippen molar-refractivity contribution in [3.8, 4) is 0 Å². The van der Waals surface area contributed by atoms with Gasteiger partial charge in [-0.15, -0.1) is 0 Å². The average Bonchev–Trinajstić information content (AvgIpc) is 2.09. The van der Waals surface area contributed by atoms with E-state index in [1.165, 1.54) is 13.1 Å². The van der Waals surface area contributed by atoms with Crippen molar-refractivity contribution in [1.82, 2.24) is 10.2 Å². The van der Waals surface area contributed by atoms with Crippen LogP contribution in [0.2, 0.25) is 0 Å². The summed E-state index contributed by atoms with van der Waals surface area (Å²) < 4.78 is 0. The number of nitrogens with zero attached hydrogens (tertiary/aromatic N) is 1. The molecule has 2 nitrogen and oxygen atoms in total. The van der Waals surface area contributed by atoms with Crippen LogP contribution in [0, 0.1) is 11.3 Å². The number of piperazine rings is 1. The van der Waals surface area contributed by atoms with E-state index in [1.807, 2.05) is 0 Å². The minimum Gasteiger partial charge on any atom is -0.311 e. The molecule has 0 radical (unpaired) electrons. The number of rotatable bonds is 2. The third-order valence-electron chi connectivity index (χ3n) is 3.88. The normalized spacial score (nSPS) is 31.6. The Morgan fingerprint density at radius 2 is 1.93 bits per heavy atom. The summed E-state index contributed by atoms with van der Waals surface area (Å²) in [4.78, 5) is 2.64. The van der Waals surface area contributed by atoms with Crippen LogP contribution in [0.4, 0.5) is 0 Å². The van der Waals surface area contributed by atoms with E-state index < -0.39 is 0 Å². The second-order valence-electron chi connectivity index (χ2n) is 6.38. The monoisotopic (exact) mass is 212 g/mol. The summed E-state index contributed by atoms with van der Waals surface area (Å²) in [5, 5.41) is 3.53.